The minimum absolute atomic E-state index is 0.117. The van der Waals surface area contributed by atoms with Gasteiger partial charge < -0.3 is 10.1 Å². The van der Waals surface area contributed by atoms with E-state index >= 15 is 0 Å². The Morgan fingerprint density at radius 1 is 1.00 bits per heavy atom. The molecule has 112 valence electrons. The number of carbonyl (C=O) groups is 3. The number of hydrogen-bond acceptors (Lipinski definition) is 3. The number of nitrogens with one attached hydrogen (secondary N) is 1. The van der Waals surface area contributed by atoms with E-state index in [2.05, 4.69) is 11.9 Å². The van der Waals surface area contributed by atoms with Crippen LogP contribution in [0.1, 0.15) is 60.3 Å². The monoisotopic (exact) mass is 271 g/mol. The summed E-state index contributed by atoms with van der Waals surface area (Å²) in [4.78, 5) is 32.5. The van der Waals surface area contributed by atoms with Gasteiger partial charge in [-0.15, -0.1) is 0 Å². The van der Waals surface area contributed by atoms with Crippen molar-refractivity contribution in [1.29, 1.82) is 0 Å². The van der Waals surface area contributed by atoms with Gasteiger partial charge >= 0.3 is 0 Å². The van der Waals surface area contributed by atoms with E-state index in [1.165, 1.54) is 13.0 Å². The molecular weight excluding hydrogens is 242 g/mol. The third-order valence-electron chi connectivity index (χ3n) is 1.85. The van der Waals surface area contributed by atoms with Crippen molar-refractivity contribution in [1.82, 2.24) is 5.32 Å². The van der Waals surface area contributed by atoms with E-state index in [-0.39, 0.29) is 30.3 Å². The molecule has 1 N–H and O–H groups in total. The molecule has 4 nitrogen and oxygen atoms in total. The molecule has 0 aromatic rings. The van der Waals surface area contributed by atoms with Gasteiger partial charge in [-0.25, -0.2) is 0 Å². The van der Waals surface area contributed by atoms with Crippen molar-refractivity contribution >= 4 is 17.5 Å². The topological polar surface area (TPSA) is 63.2 Å². The number of rotatable bonds is 8. The van der Waals surface area contributed by atoms with Gasteiger partial charge in [0.2, 0.25) is 5.91 Å². The molecule has 0 radical (unpaired) electrons. The summed E-state index contributed by atoms with van der Waals surface area (Å²) in [5, 5.41) is 2.64. The molecule has 0 fully saturated rings. The summed E-state index contributed by atoms with van der Waals surface area (Å²) in [6.07, 6.45) is 2.72. The molecule has 0 saturated carbocycles. The fraction of sp³-hybridized carbons (Fsp3) is 0.667. The quantitative estimate of drug-likeness (QED) is 0.545. The fourth-order valence-electron chi connectivity index (χ4n) is 0.992. The molecule has 0 unspecified atom stereocenters. The average Bonchev–Trinajstić information content (AvgIpc) is 2.45. The Kier molecular flexibility index (Phi) is 22.6. The largest absolute Gasteiger partial charge is 0.356 e. The average molecular weight is 271 g/mol. The lowest BCUT2D eigenvalue weighted by atomic mass is 10.2. The van der Waals surface area contributed by atoms with Gasteiger partial charge in [0.25, 0.3) is 0 Å². The van der Waals surface area contributed by atoms with Crippen LogP contribution in [-0.2, 0) is 14.4 Å². The minimum Gasteiger partial charge on any atom is -0.356 e. The highest BCUT2D eigenvalue weighted by Gasteiger charge is 2.03. The van der Waals surface area contributed by atoms with Crippen molar-refractivity contribution in [2.24, 2.45) is 0 Å². The zero-order chi connectivity index (χ0) is 15.7. The van der Waals surface area contributed by atoms with E-state index in [9.17, 15) is 14.4 Å². The highest BCUT2D eigenvalue weighted by atomic mass is 16.2. The zero-order valence-electron chi connectivity index (χ0n) is 13.0. The van der Waals surface area contributed by atoms with Crippen molar-refractivity contribution in [3.05, 3.63) is 12.7 Å². The maximum atomic E-state index is 11.1. The van der Waals surface area contributed by atoms with Gasteiger partial charge in [0.1, 0.15) is 5.78 Å². The van der Waals surface area contributed by atoms with Crippen LogP contribution in [0, 0.1) is 0 Å². The second kappa shape index (κ2) is 18.9. The summed E-state index contributed by atoms with van der Waals surface area (Å²) in [5.74, 6) is -0.172. The van der Waals surface area contributed by atoms with Crippen LogP contribution in [-0.4, -0.2) is 24.0 Å². The molecular formula is C15H29NO3. The molecule has 0 bridgehead atoms. The van der Waals surface area contributed by atoms with Gasteiger partial charge in [0.05, 0.1) is 0 Å². The molecule has 4 heteroatoms. The minimum atomic E-state index is -0.159. The molecule has 0 aliphatic rings. The Balaban J connectivity index is -0.000000579. The first-order valence-corrected chi connectivity index (χ1v) is 6.97. The fourth-order valence-corrected chi connectivity index (χ4v) is 0.992. The SMILES string of the molecule is C=CC(=O)CCC(=O)NCCCC(C)=O.CC.CC. The van der Waals surface area contributed by atoms with Crippen LogP contribution < -0.4 is 5.32 Å². The van der Waals surface area contributed by atoms with Crippen LogP contribution in [0.2, 0.25) is 0 Å². The summed E-state index contributed by atoms with van der Waals surface area (Å²) in [6, 6.07) is 0. The third-order valence-corrected chi connectivity index (χ3v) is 1.85. The predicted octanol–water partition coefficient (Wildman–Crippen LogP) is 3.06. The first kappa shape index (κ1) is 22.7. The Bertz CT molecular complexity index is 260. The highest BCUT2D eigenvalue weighted by Crippen LogP contribution is 1.93. The molecule has 19 heavy (non-hydrogen) atoms. The molecule has 0 aliphatic heterocycles. The van der Waals surface area contributed by atoms with Crippen LogP contribution >= 0.6 is 0 Å². The normalized spacial score (nSPS) is 8.05. The number of carbonyl (C=O) groups excluding carboxylic acids is 3. The van der Waals surface area contributed by atoms with E-state index in [1.807, 2.05) is 27.7 Å². The second-order valence-electron chi connectivity index (χ2n) is 3.33. The van der Waals surface area contributed by atoms with Gasteiger partial charge in [0, 0.05) is 25.8 Å². The summed E-state index contributed by atoms with van der Waals surface area (Å²) < 4.78 is 0. The summed E-state index contributed by atoms with van der Waals surface area (Å²) >= 11 is 0. The van der Waals surface area contributed by atoms with Crippen LogP contribution in [0.4, 0.5) is 0 Å². The van der Waals surface area contributed by atoms with E-state index in [4.69, 9.17) is 0 Å². The van der Waals surface area contributed by atoms with Crippen molar-refractivity contribution in [3.8, 4) is 0 Å². The first-order chi connectivity index (χ1) is 9.06. The zero-order valence-corrected chi connectivity index (χ0v) is 13.0. The van der Waals surface area contributed by atoms with Crippen molar-refractivity contribution in [2.75, 3.05) is 6.54 Å². The number of ketones is 2. The molecule has 0 aliphatic carbocycles. The third kappa shape index (κ3) is 22.2. The lowest BCUT2D eigenvalue weighted by Gasteiger charge is -2.02. The van der Waals surface area contributed by atoms with Gasteiger partial charge in [-0.1, -0.05) is 34.3 Å². The molecule has 0 saturated heterocycles. The Hall–Kier alpha value is -1.45. The first-order valence-electron chi connectivity index (χ1n) is 6.97. The smallest absolute Gasteiger partial charge is 0.220 e. The number of allylic oxidation sites excluding steroid dienone is 1. The van der Waals surface area contributed by atoms with E-state index in [0.29, 0.717) is 19.4 Å². The molecule has 0 rings (SSSR count). The molecule has 0 aromatic heterocycles. The maximum Gasteiger partial charge on any atom is 0.220 e. The number of Topliss-reactive ketones (excluding diaryl/α,β-unsaturated/α-hetero) is 1. The van der Waals surface area contributed by atoms with Gasteiger partial charge in [0.15, 0.2) is 5.78 Å². The lowest BCUT2D eigenvalue weighted by molar-refractivity contribution is -0.124. The molecule has 0 atom stereocenters. The predicted molar refractivity (Wildman–Crippen MR) is 80.1 cm³/mol. The van der Waals surface area contributed by atoms with Crippen molar-refractivity contribution < 1.29 is 14.4 Å². The number of amides is 1. The Morgan fingerprint density at radius 2 is 1.53 bits per heavy atom. The second-order valence-corrected chi connectivity index (χ2v) is 3.33. The summed E-state index contributed by atoms with van der Waals surface area (Å²) in [7, 11) is 0. The van der Waals surface area contributed by atoms with Crippen LogP contribution in [0.3, 0.4) is 0 Å². The summed E-state index contributed by atoms with van der Waals surface area (Å²) in [5.41, 5.74) is 0. The standard InChI is InChI=1S/C11H17NO3.2C2H6/c1-3-10(14)6-7-11(15)12-8-4-5-9(2)13;2*1-2/h3H,1,4-8H2,2H3,(H,12,15);2*1-2H3. The molecule has 0 heterocycles. The lowest BCUT2D eigenvalue weighted by Crippen LogP contribution is -2.24. The maximum absolute atomic E-state index is 11.1. The Morgan fingerprint density at radius 3 is 1.95 bits per heavy atom. The highest BCUT2D eigenvalue weighted by molar-refractivity contribution is 5.92. The van der Waals surface area contributed by atoms with Gasteiger partial charge in [-0.2, -0.15) is 0 Å². The molecule has 0 aromatic carbocycles. The van der Waals surface area contributed by atoms with Crippen molar-refractivity contribution in [2.45, 2.75) is 60.3 Å². The molecule has 0 spiro atoms. The van der Waals surface area contributed by atoms with Crippen LogP contribution in [0.25, 0.3) is 0 Å². The van der Waals surface area contributed by atoms with E-state index in [1.54, 1.807) is 0 Å². The number of hydrogen-bond donors (Lipinski definition) is 1. The van der Waals surface area contributed by atoms with Crippen LogP contribution in [0.5, 0.6) is 0 Å². The summed E-state index contributed by atoms with van der Waals surface area (Å²) in [6.45, 7) is 13.3. The van der Waals surface area contributed by atoms with Crippen molar-refractivity contribution in [3.63, 3.8) is 0 Å². The Labute approximate surface area is 117 Å². The molecule has 1 amide bonds. The van der Waals surface area contributed by atoms with Crippen LogP contribution in [0.15, 0.2) is 12.7 Å². The van der Waals surface area contributed by atoms with Gasteiger partial charge in [-0.05, 0) is 19.4 Å². The van der Waals surface area contributed by atoms with E-state index in [0.717, 1.165) is 0 Å². The van der Waals surface area contributed by atoms with Gasteiger partial charge in [-0.3, -0.25) is 9.59 Å². The van der Waals surface area contributed by atoms with E-state index < -0.39 is 0 Å².